The molecule has 90 valence electrons. The monoisotopic (exact) mass is 211 g/mol. The SMILES string of the molecule is CCNC1CCCCC1CCC(C)(C)C. The van der Waals surface area contributed by atoms with Crippen LogP contribution in [0.3, 0.4) is 0 Å². The minimum absolute atomic E-state index is 0.508. The van der Waals surface area contributed by atoms with E-state index in [9.17, 15) is 0 Å². The fourth-order valence-electron chi connectivity index (χ4n) is 2.70. The highest BCUT2D eigenvalue weighted by molar-refractivity contribution is 4.81. The summed E-state index contributed by atoms with van der Waals surface area (Å²) in [7, 11) is 0. The fraction of sp³-hybridized carbons (Fsp3) is 1.00. The van der Waals surface area contributed by atoms with Gasteiger partial charge in [-0.25, -0.2) is 0 Å². The lowest BCUT2D eigenvalue weighted by Crippen LogP contribution is -2.38. The predicted molar refractivity (Wildman–Crippen MR) is 68.1 cm³/mol. The molecular weight excluding hydrogens is 182 g/mol. The molecule has 1 aliphatic rings. The van der Waals surface area contributed by atoms with Gasteiger partial charge in [0.25, 0.3) is 0 Å². The van der Waals surface area contributed by atoms with E-state index < -0.39 is 0 Å². The Morgan fingerprint density at radius 2 is 1.80 bits per heavy atom. The molecule has 2 atom stereocenters. The molecule has 0 saturated heterocycles. The van der Waals surface area contributed by atoms with Crippen LogP contribution in [0.1, 0.15) is 66.2 Å². The van der Waals surface area contributed by atoms with Crippen molar-refractivity contribution in [2.24, 2.45) is 11.3 Å². The van der Waals surface area contributed by atoms with E-state index in [2.05, 4.69) is 33.0 Å². The third-order valence-electron chi connectivity index (χ3n) is 3.64. The highest BCUT2D eigenvalue weighted by Crippen LogP contribution is 2.32. The van der Waals surface area contributed by atoms with Gasteiger partial charge in [-0.2, -0.15) is 0 Å². The van der Waals surface area contributed by atoms with Gasteiger partial charge in [-0.15, -0.1) is 0 Å². The van der Waals surface area contributed by atoms with Crippen LogP contribution >= 0.6 is 0 Å². The van der Waals surface area contributed by atoms with Crippen molar-refractivity contribution >= 4 is 0 Å². The summed E-state index contributed by atoms with van der Waals surface area (Å²) in [6.45, 7) is 10.4. The first kappa shape index (κ1) is 13.0. The Balaban J connectivity index is 2.35. The van der Waals surface area contributed by atoms with Crippen molar-refractivity contribution in [2.75, 3.05) is 6.54 Å². The van der Waals surface area contributed by atoms with Gasteiger partial charge >= 0.3 is 0 Å². The lowest BCUT2D eigenvalue weighted by Gasteiger charge is -2.34. The summed E-state index contributed by atoms with van der Waals surface area (Å²) < 4.78 is 0. The zero-order valence-electron chi connectivity index (χ0n) is 11.1. The van der Waals surface area contributed by atoms with E-state index >= 15 is 0 Å². The van der Waals surface area contributed by atoms with Crippen LogP contribution in [-0.2, 0) is 0 Å². The standard InChI is InChI=1S/C14H29N/c1-5-15-13-9-7-6-8-12(13)10-11-14(2,3)4/h12-13,15H,5-11H2,1-4H3. The first-order valence-corrected chi connectivity index (χ1v) is 6.76. The Morgan fingerprint density at radius 1 is 1.13 bits per heavy atom. The van der Waals surface area contributed by atoms with Crippen LogP contribution < -0.4 is 5.32 Å². The second kappa shape index (κ2) is 5.89. The Bertz CT molecular complexity index is 167. The first-order valence-electron chi connectivity index (χ1n) is 6.76. The van der Waals surface area contributed by atoms with Crippen LogP contribution in [0.5, 0.6) is 0 Å². The van der Waals surface area contributed by atoms with Gasteiger partial charge in [-0.05, 0) is 43.6 Å². The average molecular weight is 211 g/mol. The minimum atomic E-state index is 0.508. The molecular formula is C14H29N. The Hall–Kier alpha value is -0.0400. The molecule has 0 aromatic heterocycles. The van der Waals surface area contributed by atoms with Gasteiger partial charge in [0, 0.05) is 6.04 Å². The third kappa shape index (κ3) is 5.01. The molecule has 1 saturated carbocycles. The second-order valence-corrected chi connectivity index (χ2v) is 6.31. The third-order valence-corrected chi connectivity index (χ3v) is 3.64. The molecule has 1 fully saturated rings. The summed E-state index contributed by atoms with van der Waals surface area (Å²) in [4.78, 5) is 0. The van der Waals surface area contributed by atoms with Gasteiger partial charge in [0.05, 0.1) is 0 Å². The zero-order chi connectivity index (χ0) is 11.3. The number of rotatable bonds is 4. The molecule has 0 spiro atoms. The molecule has 0 radical (unpaired) electrons. The summed E-state index contributed by atoms with van der Waals surface area (Å²) >= 11 is 0. The van der Waals surface area contributed by atoms with Crippen LogP contribution in [0.15, 0.2) is 0 Å². The van der Waals surface area contributed by atoms with Crippen molar-refractivity contribution in [2.45, 2.75) is 72.3 Å². The van der Waals surface area contributed by atoms with Crippen molar-refractivity contribution in [3.8, 4) is 0 Å². The zero-order valence-corrected chi connectivity index (χ0v) is 11.1. The van der Waals surface area contributed by atoms with Crippen LogP contribution in [0.25, 0.3) is 0 Å². The topological polar surface area (TPSA) is 12.0 Å². The van der Waals surface area contributed by atoms with Gasteiger partial charge in [0.2, 0.25) is 0 Å². The maximum absolute atomic E-state index is 3.67. The smallest absolute Gasteiger partial charge is 0.00952 e. The normalized spacial score (nSPS) is 28.0. The van der Waals surface area contributed by atoms with E-state index in [-0.39, 0.29) is 0 Å². The summed E-state index contributed by atoms with van der Waals surface area (Å²) in [5.74, 6) is 0.943. The number of nitrogens with one attached hydrogen (secondary N) is 1. The Morgan fingerprint density at radius 3 is 2.40 bits per heavy atom. The van der Waals surface area contributed by atoms with Crippen LogP contribution in [0, 0.1) is 11.3 Å². The highest BCUT2D eigenvalue weighted by atomic mass is 14.9. The maximum Gasteiger partial charge on any atom is 0.00952 e. The van der Waals surface area contributed by atoms with E-state index in [0.717, 1.165) is 18.5 Å². The van der Waals surface area contributed by atoms with Crippen molar-refractivity contribution in [1.29, 1.82) is 0 Å². The van der Waals surface area contributed by atoms with Crippen LogP contribution in [-0.4, -0.2) is 12.6 Å². The van der Waals surface area contributed by atoms with E-state index in [1.807, 2.05) is 0 Å². The number of hydrogen-bond acceptors (Lipinski definition) is 1. The molecule has 15 heavy (non-hydrogen) atoms. The molecule has 1 heteroatoms. The second-order valence-electron chi connectivity index (χ2n) is 6.31. The largest absolute Gasteiger partial charge is 0.314 e. The van der Waals surface area contributed by atoms with Crippen molar-refractivity contribution in [3.05, 3.63) is 0 Å². The molecule has 0 amide bonds. The summed E-state index contributed by atoms with van der Waals surface area (Å²) in [6.07, 6.45) is 8.54. The first-order chi connectivity index (χ1) is 7.03. The van der Waals surface area contributed by atoms with Gasteiger partial charge in [-0.1, -0.05) is 40.5 Å². The predicted octanol–water partition coefficient (Wildman–Crippen LogP) is 3.98. The Labute approximate surface area is 96.0 Å². The highest BCUT2D eigenvalue weighted by Gasteiger charge is 2.25. The summed E-state index contributed by atoms with van der Waals surface area (Å²) in [6, 6.07) is 0.811. The van der Waals surface area contributed by atoms with E-state index in [1.165, 1.54) is 38.5 Å². The van der Waals surface area contributed by atoms with Crippen molar-refractivity contribution in [1.82, 2.24) is 5.32 Å². The molecule has 0 aliphatic heterocycles. The molecule has 0 aromatic rings. The molecule has 0 heterocycles. The minimum Gasteiger partial charge on any atom is -0.314 e. The molecule has 1 rings (SSSR count). The molecule has 0 bridgehead atoms. The molecule has 0 aromatic carbocycles. The molecule has 1 nitrogen and oxygen atoms in total. The number of hydrogen-bond donors (Lipinski definition) is 1. The van der Waals surface area contributed by atoms with E-state index in [1.54, 1.807) is 0 Å². The Kier molecular flexibility index (Phi) is 5.11. The molecule has 1 N–H and O–H groups in total. The fourth-order valence-corrected chi connectivity index (χ4v) is 2.70. The van der Waals surface area contributed by atoms with Crippen molar-refractivity contribution < 1.29 is 0 Å². The molecule has 2 unspecified atom stereocenters. The summed E-state index contributed by atoms with van der Waals surface area (Å²) in [5, 5.41) is 3.67. The maximum atomic E-state index is 3.67. The molecule has 1 aliphatic carbocycles. The van der Waals surface area contributed by atoms with Gasteiger partial charge < -0.3 is 5.32 Å². The van der Waals surface area contributed by atoms with Gasteiger partial charge in [-0.3, -0.25) is 0 Å². The van der Waals surface area contributed by atoms with Crippen molar-refractivity contribution in [3.63, 3.8) is 0 Å². The van der Waals surface area contributed by atoms with Gasteiger partial charge in [0.1, 0.15) is 0 Å². The van der Waals surface area contributed by atoms with Crippen LogP contribution in [0.2, 0.25) is 0 Å². The van der Waals surface area contributed by atoms with Gasteiger partial charge in [0.15, 0.2) is 0 Å². The van der Waals surface area contributed by atoms with Crippen LogP contribution in [0.4, 0.5) is 0 Å². The van der Waals surface area contributed by atoms with E-state index in [0.29, 0.717) is 5.41 Å². The average Bonchev–Trinajstić information content (AvgIpc) is 2.16. The lowest BCUT2D eigenvalue weighted by molar-refractivity contribution is 0.220. The quantitative estimate of drug-likeness (QED) is 0.741. The van der Waals surface area contributed by atoms with E-state index in [4.69, 9.17) is 0 Å². The summed E-state index contributed by atoms with van der Waals surface area (Å²) in [5.41, 5.74) is 0.508. The lowest BCUT2D eigenvalue weighted by atomic mass is 9.78.